The summed E-state index contributed by atoms with van der Waals surface area (Å²) in [6.45, 7) is 7.38. The molecular weight excluding hydrogens is 348 g/mol. The van der Waals surface area contributed by atoms with Crippen molar-refractivity contribution >= 4 is 17.5 Å². The number of para-hydroxylation sites is 1. The van der Waals surface area contributed by atoms with E-state index in [1.54, 1.807) is 13.3 Å². The molecule has 3 aromatic rings. The third kappa shape index (κ3) is 5.22. The van der Waals surface area contributed by atoms with Crippen molar-refractivity contribution in [1.29, 1.82) is 0 Å². The van der Waals surface area contributed by atoms with Crippen LogP contribution in [0.3, 0.4) is 0 Å². The maximum absolute atomic E-state index is 5.40. The Labute approximate surface area is 167 Å². The van der Waals surface area contributed by atoms with Crippen molar-refractivity contribution in [2.24, 2.45) is 0 Å². The number of rotatable bonds is 7. The van der Waals surface area contributed by atoms with Gasteiger partial charge in [-0.05, 0) is 47.2 Å². The van der Waals surface area contributed by atoms with Gasteiger partial charge in [0, 0.05) is 18.4 Å². The summed E-state index contributed by atoms with van der Waals surface area (Å²) in [7, 11) is 1.70. The fourth-order valence-electron chi connectivity index (χ4n) is 2.93. The molecule has 5 nitrogen and oxygen atoms in total. The topological polar surface area (TPSA) is 59.1 Å². The van der Waals surface area contributed by atoms with Gasteiger partial charge in [0.2, 0.25) is 5.95 Å². The first-order valence-electron chi connectivity index (χ1n) is 9.52. The van der Waals surface area contributed by atoms with Crippen molar-refractivity contribution in [3.8, 4) is 5.75 Å². The largest absolute Gasteiger partial charge is 0.496 e. The Hall–Kier alpha value is -3.08. The van der Waals surface area contributed by atoms with Crippen molar-refractivity contribution in [3.63, 3.8) is 0 Å². The van der Waals surface area contributed by atoms with Gasteiger partial charge in [-0.1, -0.05) is 51.1 Å². The summed E-state index contributed by atoms with van der Waals surface area (Å²) in [4.78, 5) is 8.87. The van der Waals surface area contributed by atoms with Gasteiger partial charge < -0.3 is 15.4 Å². The minimum absolute atomic E-state index is 0.139. The average molecular weight is 377 g/mol. The lowest BCUT2D eigenvalue weighted by molar-refractivity contribution is 0.410. The van der Waals surface area contributed by atoms with Gasteiger partial charge in [-0.15, -0.1) is 0 Å². The van der Waals surface area contributed by atoms with E-state index >= 15 is 0 Å². The highest BCUT2D eigenvalue weighted by Crippen LogP contribution is 2.24. The third-order valence-electron chi connectivity index (χ3n) is 4.56. The van der Waals surface area contributed by atoms with Gasteiger partial charge in [0.15, 0.2) is 0 Å². The molecule has 0 radical (unpaired) electrons. The van der Waals surface area contributed by atoms with Gasteiger partial charge in [-0.2, -0.15) is 4.98 Å². The molecule has 146 valence electrons. The fourth-order valence-corrected chi connectivity index (χ4v) is 2.93. The van der Waals surface area contributed by atoms with Gasteiger partial charge in [0.05, 0.1) is 7.11 Å². The molecule has 1 aromatic heterocycles. The lowest BCUT2D eigenvalue weighted by Gasteiger charge is -2.19. The van der Waals surface area contributed by atoms with Crippen molar-refractivity contribution in [3.05, 3.63) is 71.9 Å². The molecule has 0 bridgehead atoms. The molecule has 5 heteroatoms. The Bertz CT molecular complexity index is 901. The molecule has 0 spiro atoms. The van der Waals surface area contributed by atoms with E-state index in [4.69, 9.17) is 4.74 Å². The second-order valence-corrected chi connectivity index (χ2v) is 7.71. The molecule has 3 rings (SSSR count). The predicted octanol–water partition coefficient (Wildman–Crippen LogP) is 5.18. The van der Waals surface area contributed by atoms with Crippen LogP contribution in [-0.2, 0) is 11.8 Å². The molecule has 2 aromatic carbocycles. The third-order valence-corrected chi connectivity index (χ3v) is 4.56. The van der Waals surface area contributed by atoms with Crippen LogP contribution in [0.1, 0.15) is 31.9 Å². The number of ether oxygens (including phenoxy) is 1. The van der Waals surface area contributed by atoms with E-state index in [1.807, 2.05) is 24.3 Å². The van der Waals surface area contributed by atoms with E-state index < -0.39 is 0 Å². The minimum atomic E-state index is 0.139. The van der Waals surface area contributed by atoms with Gasteiger partial charge in [-0.25, -0.2) is 4.98 Å². The summed E-state index contributed by atoms with van der Waals surface area (Å²) in [6, 6.07) is 18.3. The van der Waals surface area contributed by atoms with Crippen LogP contribution in [0.15, 0.2) is 60.8 Å². The number of benzene rings is 2. The van der Waals surface area contributed by atoms with Crippen molar-refractivity contribution in [2.75, 3.05) is 24.3 Å². The second kappa shape index (κ2) is 8.74. The fraction of sp³-hybridized carbons (Fsp3) is 0.304. The van der Waals surface area contributed by atoms with Crippen LogP contribution in [0.2, 0.25) is 0 Å². The molecule has 0 aliphatic carbocycles. The van der Waals surface area contributed by atoms with Crippen molar-refractivity contribution in [2.45, 2.75) is 32.6 Å². The normalized spacial score (nSPS) is 11.1. The minimum Gasteiger partial charge on any atom is -0.496 e. The number of anilines is 3. The number of hydrogen-bond acceptors (Lipinski definition) is 5. The lowest BCUT2D eigenvalue weighted by atomic mass is 9.87. The monoisotopic (exact) mass is 376 g/mol. The molecule has 0 atom stereocenters. The van der Waals surface area contributed by atoms with E-state index in [2.05, 4.69) is 71.7 Å². The average Bonchev–Trinajstić information content (AvgIpc) is 2.68. The zero-order chi connectivity index (χ0) is 20.0. The molecule has 0 fully saturated rings. The number of nitrogens with one attached hydrogen (secondary N) is 2. The molecule has 0 saturated carbocycles. The Kier molecular flexibility index (Phi) is 6.14. The van der Waals surface area contributed by atoms with Gasteiger partial charge in [0.25, 0.3) is 0 Å². The molecule has 0 unspecified atom stereocenters. The first kappa shape index (κ1) is 19.7. The summed E-state index contributed by atoms with van der Waals surface area (Å²) in [5.74, 6) is 2.28. The SMILES string of the molecule is COc1ccccc1CCNc1ccnc(Nc2ccc(C(C)(C)C)cc2)n1. The Morgan fingerprint density at radius 3 is 2.43 bits per heavy atom. The van der Waals surface area contributed by atoms with E-state index in [1.165, 1.54) is 11.1 Å². The second-order valence-electron chi connectivity index (χ2n) is 7.71. The van der Waals surface area contributed by atoms with Crippen LogP contribution in [0.25, 0.3) is 0 Å². The standard InChI is InChI=1S/C23H28N4O/c1-23(2,3)18-9-11-19(12-10-18)26-22-25-16-14-21(27-22)24-15-13-17-7-5-6-8-20(17)28-4/h5-12,14,16H,13,15H2,1-4H3,(H2,24,25,26,27). The molecular formula is C23H28N4O. The van der Waals surface area contributed by atoms with E-state index in [0.29, 0.717) is 5.95 Å². The molecule has 0 amide bonds. The van der Waals surface area contributed by atoms with Crippen LogP contribution in [-0.4, -0.2) is 23.6 Å². The molecule has 0 aliphatic rings. The zero-order valence-electron chi connectivity index (χ0n) is 17.0. The molecule has 2 N–H and O–H groups in total. The van der Waals surface area contributed by atoms with Crippen LogP contribution in [0, 0.1) is 0 Å². The van der Waals surface area contributed by atoms with Gasteiger partial charge in [0.1, 0.15) is 11.6 Å². The van der Waals surface area contributed by atoms with Crippen molar-refractivity contribution < 1.29 is 4.74 Å². The van der Waals surface area contributed by atoms with Gasteiger partial charge in [-0.3, -0.25) is 0 Å². The molecule has 0 aliphatic heterocycles. The van der Waals surface area contributed by atoms with Crippen molar-refractivity contribution in [1.82, 2.24) is 9.97 Å². The molecule has 0 saturated heterocycles. The maximum Gasteiger partial charge on any atom is 0.229 e. The van der Waals surface area contributed by atoms with E-state index in [0.717, 1.165) is 30.2 Å². The highest BCUT2D eigenvalue weighted by Gasteiger charge is 2.13. The summed E-state index contributed by atoms with van der Waals surface area (Å²) < 4.78 is 5.40. The molecule has 1 heterocycles. The van der Waals surface area contributed by atoms with E-state index in [9.17, 15) is 0 Å². The van der Waals surface area contributed by atoms with Crippen LogP contribution in [0.4, 0.5) is 17.5 Å². The van der Waals surface area contributed by atoms with Crippen LogP contribution < -0.4 is 15.4 Å². The first-order valence-corrected chi connectivity index (χ1v) is 9.52. The highest BCUT2D eigenvalue weighted by atomic mass is 16.5. The number of aromatic nitrogens is 2. The Balaban J connectivity index is 1.59. The van der Waals surface area contributed by atoms with Gasteiger partial charge >= 0.3 is 0 Å². The summed E-state index contributed by atoms with van der Waals surface area (Å²) in [5.41, 5.74) is 3.58. The number of hydrogen-bond donors (Lipinski definition) is 2. The summed E-state index contributed by atoms with van der Waals surface area (Å²) >= 11 is 0. The van der Waals surface area contributed by atoms with Crippen LogP contribution >= 0.6 is 0 Å². The molecule has 28 heavy (non-hydrogen) atoms. The summed E-state index contributed by atoms with van der Waals surface area (Å²) in [6.07, 6.45) is 2.61. The van der Waals surface area contributed by atoms with E-state index in [-0.39, 0.29) is 5.41 Å². The maximum atomic E-state index is 5.40. The quantitative estimate of drug-likeness (QED) is 0.595. The predicted molar refractivity (Wildman–Crippen MR) is 116 cm³/mol. The Morgan fingerprint density at radius 1 is 0.964 bits per heavy atom. The Morgan fingerprint density at radius 2 is 1.71 bits per heavy atom. The summed E-state index contributed by atoms with van der Waals surface area (Å²) in [5, 5.41) is 6.62. The number of nitrogens with zero attached hydrogens (tertiary/aromatic N) is 2. The lowest BCUT2D eigenvalue weighted by Crippen LogP contribution is -2.10. The zero-order valence-corrected chi connectivity index (χ0v) is 17.0. The first-order chi connectivity index (χ1) is 13.5. The van der Waals surface area contributed by atoms with Crippen LogP contribution in [0.5, 0.6) is 5.75 Å². The highest BCUT2D eigenvalue weighted by molar-refractivity contribution is 5.55. The smallest absolute Gasteiger partial charge is 0.229 e. The number of methoxy groups -OCH3 is 1.